The van der Waals surface area contributed by atoms with Crippen molar-refractivity contribution >= 4 is 34.7 Å². The van der Waals surface area contributed by atoms with Crippen molar-refractivity contribution in [3.8, 4) is 0 Å². The van der Waals surface area contributed by atoms with Gasteiger partial charge in [0.2, 0.25) is 0 Å². The summed E-state index contributed by atoms with van der Waals surface area (Å²) >= 11 is 6.67. The Morgan fingerprint density at radius 3 is 2.52 bits per heavy atom. The number of thioether (sulfide) groups is 1. The molecule has 0 bridgehead atoms. The highest BCUT2D eigenvalue weighted by Gasteiger charge is 2.36. The molecule has 0 unspecified atom stereocenters. The van der Waals surface area contributed by atoms with Gasteiger partial charge in [0, 0.05) is 22.5 Å². The Morgan fingerprint density at radius 2 is 2.10 bits per heavy atom. The Hall–Kier alpha value is -0.950. The number of nitrogens with two attached hydrogens (primary N) is 1. The van der Waals surface area contributed by atoms with Gasteiger partial charge in [0.15, 0.2) is 0 Å². The van der Waals surface area contributed by atoms with Gasteiger partial charge in [-0.25, -0.2) is 0 Å². The maximum atomic E-state index is 12.7. The number of thiocarbonyl (C=S) groups is 1. The quantitative estimate of drug-likeness (QED) is 0.797. The summed E-state index contributed by atoms with van der Waals surface area (Å²) in [4.78, 5) is -0.0320. The molecule has 0 aliphatic heterocycles. The lowest BCUT2D eigenvalue weighted by molar-refractivity contribution is -0.137. The van der Waals surface area contributed by atoms with Crippen molar-refractivity contribution in [3.05, 3.63) is 29.3 Å². The van der Waals surface area contributed by atoms with E-state index in [9.17, 15) is 13.2 Å². The maximum absolute atomic E-state index is 12.7. The minimum Gasteiger partial charge on any atom is -0.389 e. The smallest absolute Gasteiger partial charge is 0.389 e. The van der Waals surface area contributed by atoms with Crippen LogP contribution in [0, 0.1) is 0 Å². The van der Waals surface area contributed by atoms with E-state index in [0.29, 0.717) is 12.2 Å². The largest absolute Gasteiger partial charge is 0.416 e. The molecule has 0 heterocycles. The lowest BCUT2D eigenvalue weighted by Gasteiger charge is -2.40. The first-order chi connectivity index (χ1) is 9.77. The summed E-state index contributed by atoms with van der Waals surface area (Å²) < 4.78 is 38.4. The highest BCUT2D eigenvalue weighted by molar-refractivity contribution is 8.00. The Bertz CT molecular complexity index is 534. The molecule has 0 amide bonds. The summed E-state index contributed by atoms with van der Waals surface area (Å²) in [6.45, 7) is 0.704. The molecule has 1 aliphatic rings. The topological polar surface area (TPSA) is 38.0 Å². The zero-order chi connectivity index (χ0) is 15.7. The molecule has 1 saturated carbocycles. The van der Waals surface area contributed by atoms with E-state index in [1.807, 2.05) is 0 Å². The second kappa shape index (κ2) is 6.04. The molecule has 0 atom stereocenters. The van der Waals surface area contributed by atoms with Crippen LogP contribution in [0.2, 0.25) is 0 Å². The third kappa shape index (κ3) is 3.63. The Labute approximate surface area is 131 Å². The van der Waals surface area contributed by atoms with Gasteiger partial charge in [0.1, 0.15) is 4.99 Å². The molecule has 1 fully saturated rings. The molecule has 116 valence electrons. The summed E-state index contributed by atoms with van der Waals surface area (Å²) in [6.07, 6.45) is 1.08. The first-order valence-corrected chi connectivity index (χ1v) is 8.21. The average Bonchev–Trinajstić information content (AvgIpc) is 2.36. The van der Waals surface area contributed by atoms with Crippen LogP contribution >= 0.6 is 24.0 Å². The van der Waals surface area contributed by atoms with Crippen molar-refractivity contribution in [1.29, 1.82) is 0 Å². The molecule has 1 aliphatic carbocycles. The molecule has 0 spiro atoms. The fourth-order valence-electron chi connectivity index (χ4n) is 2.36. The van der Waals surface area contributed by atoms with E-state index in [1.54, 1.807) is 11.8 Å². The van der Waals surface area contributed by atoms with Gasteiger partial charge in [-0.05, 0) is 37.3 Å². The minimum atomic E-state index is -4.40. The highest BCUT2D eigenvalue weighted by atomic mass is 32.2. The molecule has 1 aromatic carbocycles. The Morgan fingerprint density at radius 1 is 1.43 bits per heavy atom. The van der Waals surface area contributed by atoms with Crippen LogP contribution in [0.3, 0.4) is 0 Å². The number of benzene rings is 1. The van der Waals surface area contributed by atoms with Gasteiger partial charge >= 0.3 is 6.18 Å². The predicted molar refractivity (Wildman–Crippen MR) is 85.9 cm³/mol. The maximum Gasteiger partial charge on any atom is 0.416 e. The van der Waals surface area contributed by atoms with E-state index < -0.39 is 11.7 Å². The molecule has 2 rings (SSSR count). The molecular weight excluding hydrogens is 317 g/mol. The van der Waals surface area contributed by atoms with Crippen molar-refractivity contribution in [3.63, 3.8) is 0 Å². The molecule has 2 nitrogen and oxygen atoms in total. The van der Waals surface area contributed by atoms with Crippen LogP contribution in [0.25, 0.3) is 0 Å². The van der Waals surface area contributed by atoms with Gasteiger partial charge < -0.3 is 11.1 Å². The van der Waals surface area contributed by atoms with Crippen LogP contribution in [-0.4, -0.2) is 22.5 Å². The number of halogens is 3. The second-order valence-electron chi connectivity index (χ2n) is 5.22. The van der Waals surface area contributed by atoms with Gasteiger partial charge in [-0.3, -0.25) is 0 Å². The normalized spacial score (nSPS) is 17.1. The van der Waals surface area contributed by atoms with Gasteiger partial charge in [-0.15, -0.1) is 0 Å². The number of hydrogen-bond acceptors (Lipinski definition) is 3. The number of anilines is 1. The molecule has 3 N–H and O–H groups in total. The fraction of sp³-hybridized carbons (Fsp3) is 0.500. The fourth-order valence-corrected chi connectivity index (χ4v) is 3.44. The monoisotopic (exact) mass is 334 g/mol. The highest BCUT2D eigenvalue weighted by Crippen LogP contribution is 2.43. The zero-order valence-electron chi connectivity index (χ0n) is 11.6. The third-order valence-corrected chi connectivity index (χ3v) is 5.55. The van der Waals surface area contributed by atoms with E-state index in [4.69, 9.17) is 18.0 Å². The van der Waals surface area contributed by atoms with Gasteiger partial charge in [0.05, 0.1) is 5.56 Å². The van der Waals surface area contributed by atoms with Crippen LogP contribution in [0.4, 0.5) is 18.9 Å². The summed E-state index contributed by atoms with van der Waals surface area (Å²) in [5, 5.41) is 3.21. The van der Waals surface area contributed by atoms with Crippen LogP contribution in [0.15, 0.2) is 18.2 Å². The van der Waals surface area contributed by atoms with Crippen molar-refractivity contribution in [1.82, 2.24) is 0 Å². The molecule has 21 heavy (non-hydrogen) atoms. The second-order valence-corrected chi connectivity index (χ2v) is 6.93. The number of alkyl halides is 3. The van der Waals surface area contributed by atoms with Crippen LogP contribution in [0.1, 0.15) is 30.4 Å². The van der Waals surface area contributed by atoms with E-state index >= 15 is 0 Å². The van der Waals surface area contributed by atoms with Gasteiger partial charge in [-0.2, -0.15) is 24.9 Å². The summed E-state index contributed by atoms with van der Waals surface area (Å²) in [5.74, 6) is 0. The zero-order valence-corrected chi connectivity index (χ0v) is 13.2. The standard InChI is InChI=1S/C14H17F3N2S2/c1-21-13(5-2-6-13)8-19-11-4-3-9(14(15,16)17)7-10(11)12(18)20/h3-4,7,19H,2,5-6,8H2,1H3,(H2,18,20). The molecule has 0 radical (unpaired) electrons. The number of hydrogen-bond donors (Lipinski definition) is 2. The van der Waals surface area contributed by atoms with Crippen molar-refractivity contribution < 1.29 is 13.2 Å². The lowest BCUT2D eigenvalue weighted by Crippen LogP contribution is -2.40. The summed E-state index contributed by atoms with van der Waals surface area (Å²) in [7, 11) is 0. The molecule has 0 saturated heterocycles. The molecule has 7 heteroatoms. The van der Waals surface area contributed by atoms with Gasteiger partial charge in [-0.1, -0.05) is 18.6 Å². The third-order valence-electron chi connectivity index (χ3n) is 3.91. The Balaban J connectivity index is 2.21. The van der Waals surface area contributed by atoms with E-state index in [2.05, 4.69) is 11.6 Å². The molecular formula is C14H17F3N2S2. The van der Waals surface area contributed by atoms with Crippen LogP contribution in [-0.2, 0) is 6.18 Å². The van der Waals surface area contributed by atoms with E-state index in [0.717, 1.165) is 25.0 Å². The lowest BCUT2D eigenvalue weighted by atomic mass is 9.84. The van der Waals surface area contributed by atoms with Gasteiger partial charge in [0.25, 0.3) is 0 Å². The minimum absolute atomic E-state index is 0.0320. The summed E-state index contributed by atoms with van der Waals surface area (Å²) in [5.41, 5.74) is 5.64. The van der Waals surface area contributed by atoms with Crippen molar-refractivity contribution in [2.24, 2.45) is 5.73 Å². The SMILES string of the molecule is CSC1(CNc2ccc(C(F)(F)F)cc2C(N)=S)CCC1. The first kappa shape index (κ1) is 16.4. The van der Waals surface area contributed by atoms with Crippen LogP contribution < -0.4 is 11.1 Å². The Kier molecular flexibility index (Phi) is 4.72. The summed E-state index contributed by atoms with van der Waals surface area (Å²) in [6, 6.07) is 3.47. The van der Waals surface area contributed by atoms with E-state index in [-0.39, 0.29) is 15.3 Å². The number of nitrogens with one attached hydrogen (secondary N) is 1. The first-order valence-electron chi connectivity index (χ1n) is 6.57. The average molecular weight is 334 g/mol. The van der Waals surface area contributed by atoms with Crippen molar-refractivity contribution in [2.75, 3.05) is 18.1 Å². The molecule has 1 aromatic rings. The van der Waals surface area contributed by atoms with Crippen molar-refractivity contribution in [2.45, 2.75) is 30.2 Å². The number of rotatable bonds is 5. The molecule has 0 aromatic heterocycles. The van der Waals surface area contributed by atoms with E-state index in [1.165, 1.54) is 12.5 Å². The van der Waals surface area contributed by atoms with Crippen LogP contribution in [0.5, 0.6) is 0 Å². The predicted octanol–water partition coefficient (Wildman–Crippen LogP) is 4.04.